The zero-order valence-corrected chi connectivity index (χ0v) is 10.8. The number of hydrogen-bond acceptors (Lipinski definition) is 3. The van der Waals surface area contributed by atoms with Gasteiger partial charge in [-0.25, -0.2) is 0 Å². The first-order valence-electron chi connectivity index (χ1n) is 6.05. The van der Waals surface area contributed by atoms with E-state index < -0.39 is 0 Å². The number of amides is 1. The first-order valence-corrected chi connectivity index (χ1v) is 6.05. The Kier molecular flexibility index (Phi) is 4.33. The topological polar surface area (TPSA) is 55.6 Å². The quantitative estimate of drug-likeness (QED) is 0.788. The molecule has 0 aromatic heterocycles. The molecule has 2 N–H and O–H groups in total. The van der Waals surface area contributed by atoms with E-state index in [2.05, 4.69) is 0 Å². The largest absolute Gasteiger partial charge is 0.369 e. The third kappa shape index (κ3) is 3.76. The van der Waals surface area contributed by atoms with Gasteiger partial charge >= 0.3 is 0 Å². The van der Waals surface area contributed by atoms with Crippen LogP contribution in [0.15, 0.2) is 0 Å². The summed E-state index contributed by atoms with van der Waals surface area (Å²) in [5, 5.41) is 0. The minimum Gasteiger partial charge on any atom is -0.369 e. The molecule has 0 spiro atoms. The predicted octanol–water partition coefficient (Wildman–Crippen LogP) is 1.14. The highest BCUT2D eigenvalue weighted by Gasteiger charge is 2.33. The first kappa shape index (κ1) is 13.5. The Hall–Kier alpha value is -0.610. The van der Waals surface area contributed by atoms with Gasteiger partial charge in [-0.15, -0.1) is 0 Å². The van der Waals surface area contributed by atoms with Crippen LogP contribution in [0.3, 0.4) is 0 Å². The smallest absolute Gasteiger partial charge is 0.224 e. The maximum absolute atomic E-state index is 12.0. The van der Waals surface area contributed by atoms with E-state index in [-0.39, 0.29) is 23.7 Å². The molecule has 16 heavy (non-hydrogen) atoms. The van der Waals surface area contributed by atoms with Crippen molar-refractivity contribution in [2.75, 3.05) is 13.1 Å². The predicted molar refractivity (Wildman–Crippen MR) is 64.1 cm³/mol. The second kappa shape index (κ2) is 5.15. The van der Waals surface area contributed by atoms with Crippen molar-refractivity contribution in [1.29, 1.82) is 0 Å². The third-order valence-electron chi connectivity index (χ3n) is 2.88. The molecule has 1 aliphatic heterocycles. The SMILES string of the molecule is CCC(N)CC(=O)N1CC(C)OC(C)(C)C1. The zero-order chi connectivity index (χ0) is 12.3. The molecule has 1 saturated heterocycles. The summed E-state index contributed by atoms with van der Waals surface area (Å²) in [6, 6.07) is -0.0197. The van der Waals surface area contributed by atoms with Crippen LogP contribution < -0.4 is 5.73 Å². The standard InChI is InChI=1S/C12H24N2O2/c1-5-10(13)6-11(15)14-7-9(2)16-12(3,4)8-14/h9-10H,5-8,13H2,1-4H3. The lowest BCUT2D eigenvalue weighted by molar-refractivity contribution is -0.158. The molecule has 2 unspecified atom stereocenters. The number of rotatable bonds is 3. The Balaban J connectivity index is 2.55. The van der Waals surface area contributed by atoms with Crippen molar-refractivity contribution < 1.29 is 9.53 Å². The van der Waals surface area contributed by atoms with E-state index in [1.807, 2.05) is 32.6 Å². The van der Waals surface area contributed by atoms with Crippen molar-refractivity contribution in [3.05, 3.63) is 0 Å². The Labute approximate surface area is 98.1 Å². The number of carbonyl (C=O) groups is 1. The van der Waals surface area contributed by atoms with E-state index in [0.717, 1.165) is 6.42 Å². The maximum atomic E-state index is 12.0. The average Bonchev–Trinajstić information content (AvgIpc) is 2.14. The van der Waals surface area contributed by atoms with Crippen LogP contribution in [0.4, 0.5) is 0 Å². The molecule has 0 bridgehead atoms. The van der Waals surface area contributed by atoms with Gasteiger partial charge in [-0.3, -0.25) is 4.79 Å². The molecule has 0 saturated carbocycles. The number of nitrogens with zero attached hydrogens (tertiary/aromatic N) is 1. The number of carbonyl (C=O) groups excluding carboxylic acids is 1. The molecule has 0 aromatic carbocycles. The molecule has 0 radical (unpaired) electrons. The fourth-order valence-corrected chi connectivity index (χ4v) is 2.14. The minimum absolute atomic E-state index is 0.0197. The molecule has 1 heterocycles. The molecule has 4 nitrogen and oxygen atoms in total. The molecule has 1 amide bonds. The van der Waals surface area contributed by atoms with Crippen LogP contribution in [-0.4, -0.2) is 41.6 Å². The highest BCUT2D eigenvalue weighted by atomic mass is 16.5. The van der Waals surface area contributed by atoms with Crippen LogP contribution in [0.25, 0.3) is 0 Å². The minimum atomic E-state index is -0.246. The lowest BCUT2D eigenvalue weighted by Crippen LogP contribution is -2.54. The summed E-state index contributed by atoms with van der Waals surface area (Å²) in [4.78, 5) is 13.9. The van der Waals surface area contributed by atoms with Gasteiger partial charge in [0, 0.05) is 25.6 Å². The summed E-state index contributed by atoms with van der Waals surface area (Å²) in [6.07, 6.45) is 1.39. The van der Waals surface area contributed by atoms with Gasteiger partial charge in [-0.05, 0) is 27.2 Å². The zero-order valence-electron chi connectivity index (χ0n) is 10.8. The van der Waals surface area contributed by atoms with Gasteiger partial charge in [-0.1, -0.05) is 6.92 Å². The molecular formula is C12H24N2O2. The molecule has 4 heteroatoms. The molecule has 1 fully saturated rings. The number of hydrogen-bond donors (Lipinski definition) is 1. The fourth-order valence-electron chi connectivity index (χ4n) is 2.14. The Morgan fingerprint density at radius 2 is 2.25 bits per heavy atom. The van der Waals surface area contributed by atoms with Crippen molar-refractivity contribution in [1.82, 2.24) is 4.90 Å². The molecule has 1 aliphatic rings. The van der Waals surface area contributed by atoms with E-state index in [1.54, 1.807) is 0 Å². The van der Waals surface area contributed by atoms with Crippen LogP contribution in [0.2, 0.25) is 0 Å². The Morgan fingerprint density at radius 1 is 1.62 bits per heavy atom. The van der Waals surface area contributed by atoms with Crippen LogP contribution in [0, 0.1) is 0 Å². The molecule has 2 atom stereocenters. The highest BCUT2D eigenvalue weighted by Crippen LogP contribution is 2.21. The average molecular weight is 228 g/mol. The fraction of sp³-hybridized carbons (Fsp3) is 0.917. The molecule has 0 aromatic rings. The number of nitrogens with two attached hydrogens (primary N) is 1. The van der Waals surface area contributed by atoms with Crippen molar-refractivity contribution in [2.24, 2.45) is 5.73 Å². The van der Waals surface area contributed by atoms with Gasteiger partial charge in [0.1, 0.15) is 0 Å². The van der Waals surface area contributed by atoms with Crippen LogP contribution in [-0.2, 0) is 9.53 Å². The summed E-state index contributed by atoms with van der Waals surface area (Å²) in [6.45, 7) is 9.38. The first-order chi connectivity index (χ1) is 7.34. The molecular weight excluding hydrogens is 204 g/mol. The molecule has 94 valence electrons. The van der Waals surface area contributed by atoms with Crippen LogP contribution in [0.1, 0.15) is 40.5 Å². The summed E-state index contributed by atoms with van der Waals surface area (Å²) >= 11 is 0. The lowest BCUT2D eigenvalue weighted by Gasteiger charge is -2.42. The van der Waals surface area contributed by atoms with Crippen LogP contribution >= 0.6 is 0 Å². The second-order valence-electron chi connectivity index (χ2n) is 5.33. The van der Waals surface area contributed by atoms with Crippen molar-refractivity contribution in [3.8, 4) is 0 Å². The third-order valence-corrected chi connectivity index (χ3v) is 2.88. The maximum Gasteiger partial charge on any atom is 0.224 e. The van der Waals surface area contributed by atoms with Gasteiger partial charge in [-0.2, -0.15) is 0 Å². The number of ether oxygens (including phenoxy) is 1. The van der Waals surface area contributed by atoms with Gasteiger partial charge in [0.2, 0.25) is 5.91 Å². The molecule has 0 aliphatic carbocycles. The van der Waals surface area contributed by atoms with E-state index >= 15 is 0 Å². The highest BCUT2D eigenvalue weighted by molar-refractivity contribution is 5.77. The summed E-state index contributed by atoms with van der Waals surface area (Å²) in [5.74, 6) is 0.151. The van der Waals surface area contributed by atoms with Gasteiger partial charge in [0.05, 0.1) is 11.7 Å². The van der Waals surface area contributed by atoms with E-state index in [1.165, 1.54) is 0 Å². The van der Waals surface area contributed by atoms with Crippen molar-refractivity contribution in [2.45, 2.75) is 58.3 Å². The summed E-state index contributed by atoms with van der Waals surface area (Å²) < 4.78 is 5.76. The normalized spacial score (nSPS) is 26.6. The Morgan fingerprint density at radius 3 is 2.75 bits per heavy atom. The van der Waals surface area contributed by atoms with Gasteiger partial charge < -0.3 is 15.4 Å². The Bertz CT molecular complexity index is 253. The summed E-state index contributed by atoms with van der Waals surface area (Å²) in [7, 11) is 0. The van der Waals surface area contributed by atoms with Gasteiger partial charge in [0.25, 0.3) is 0 Å². The summed E-state index contributed by atoms with van der Waals surface area (Å²) in [5.41, 5.74) is 5.56. The van der Waals surface area contributed by atoms with E-state index in [9.17, 15) is 4.79 Å². The molecule has 1 rings (SSSR count). The second-order valence-corrected chi connectivity index (χ2v) is 5.33. The number of morpholine rings is 1. The van der Waals surface area contributed by atoms with Crippen LogP contribution in [0.5, 0.6) is 0 Å². The van der Waals surface area contributed by atoms with Gasteiger partial charge in [0.15, 0.2) is 0 Å². The monoisotopic (exact) mass is 228 g/mol. The van der Waals surface area contributed by atoms with Crippen molar-refractivity contribution >= 4 is 5.91 Å². The lowest BCUT2D eigenvalue weighted by atomic mass is 10.0. The van der Waals surface area contributed by atoms with E-state index in [4.69, 9.17) is 10.5 Å². The van der Waals surface area contributed by atoms with E-state index in [0.29, 0.717) is 19.5 Å². The van der Waals surface area contributed by atoms with Crippen molar-refractivity contribution in [3.63, 3.8) is 0 Å².